The Bertz CT molecular complexity index is 2670. The van der Waals surface area contributed by atoms with Gasteiger partial charge in [0.15, 0.2) is 0 Å². The fourth-order valence-electron chi connectivity index (χ4n) is 8.85. The van der Waals surface area contributed by atoms with Gasteiger partial charge in [-0.1, -0.05) is 266 Å². The first-order chi connectivity index (χ1) is 36.3. The van der Waals surface area contributed by atoms with E-state index in [0.717, 1.165) is 25.9 Å². The van der Waals surface area contributed by atoms with Crippen LogP contribution in [0.5, 0.6) is 0 Å². The average molecular weight is 991 g/mol. The minimum atomic E-state index is -1.17. The molecule has 2 aliphatic rings. The quantitative estimate of drug-likeness (QED) is 0.170. The fourth-order valence-corrected chi connectivity index (χ4v) is 8.85. The van der Waals surface area contributed by atoms with Gasteiger partial charge in [-0.2, -0.15) is 0 Å². The molecule has 2 aromatic heterocycles. The SMILES string of the molecule is CB(O)O.CC.CC.CC.CC.CCC.CCC.CCn1c2ccccc2c2ccccc21.CCn1c2ccccc2c2ccccc21.c1ccc2c(c1)Cc1ccccc1-2.c1ccc2c(c1)Cc1ccccc1-2. The Kier molecular flexibility index (Phi) is 31.1. The van der Waals surface area contributed by atoms with E-state index in [-0.39, 0.29) is 0 Å². The summed E-state index contributed by atoms with van der Waals surface area (Å²) in [7, 11) is -1.17. The van der Waals surface area contributed by atoms with Crippen LogP contribution in [0.4, 0.5) is 0 Å². The van der Waals surface area contributed by atoms with Gasteiger partial charge < -0.3 is 19.2 Å². The molecule has 0 fully saturated rings. The largest absolute Gasteiger partial charge is 0.448 e. The molecule has 4 nitrogen and oxygen atoms in total. The molecule has 2 N–H and O–H groups in total. The Morgan fingerprint density at radius 3 is 0.662 bits per heavy atom. The molecular formula is C69H91BN2O2. The number of fused-ring (bicyclic) bond motifs is 12. The minimum absolute atomic E-state index is 1.02. The molecule has 0 amide bonds. The topological polar surface area (TPSA) is 50.3 Å². The van der Waals surface area contributed by atoms with Gasteiger partial charge in [-0.3, -0.25) is 0 Å². The van der Waals surface area contributed by atoms with Crippen molar-refractivity contribution < 1.29 is 10.0 Å². The van der Waals surface area contributed by atoms with Gasteiger partial charge in [0, 0.05) is 56.7 Å². The Labute approximate surface area is 448 Å². The highest BCUT2D eigenvalue weighted by Gasteiger charge is 2.17. The first kappa shape index (κ1) is 63.5. The molecule has 5 heteroatoms. The normalized spacial score (nSPS) is 10.1. The second-order valence-corrected chi connectivity index (χ2v) is 16.6. The fraction of sp³-hybridized carbons (Fsp3) is 0.304. The molecule has 10 aromatic rings. The standard InChI is InChI=1S/2C14H13N.2C13H10.2C3H8.4C2H6.CH5BO2/c2*1-2-15-13-9-5-3-7-11(13)12-8-4-6-10-14(12)15;2*1-3-7-12-10(5-1)9-11-6-2-4-8-13(11)12;2*1-3-2;4*1-2;1-2(3)4/h2*3-10H,2H2,1H3;2*1-8H,9H2;2*3H2,1-2H3;4*1-2H3;3-4H,1H3. The maximum absolute atomic E-state index is 7.61. The molecule has 0 unspecified atom stereocenters. The molecule has 2 aliphatic carbocycles. The van der Waals surface area contributed by atoms with Gasteiger partial charge in [0.2, 0.25) is 0 Å². The molecule has 0 atom stereocenters. The van der Waals surface area contributed by atoms with Gasteiger partial charge in [0.25, 0.3) is 0 Å². The lowest BCUT2D eigenvalue weighted by atomic mass is 9.99. The van der Waals surface area contributed by atoms with Crippen molar-refractivity contribution >= 4 is 50.7 Å². The van der Waals surface area contributed by atoms with E-state index < -0.39 is 7.12 Å². The van der Waals surface area contributed by atoms with Crippen LogP contribution in [0.1, 0.15) is 132 Å². The molecule has 0 bridgehead atoms. The zero-order valence-corrected chi connectivity index (χ0v) is 48.1. The van der Waals surface area contributed by atoms with Gasteiger partial charge >= 0.3 is 7.12 Å². The summed E-state index contributed by atoms with van der Waals surface area (Å²) >= 11 is 0. The van der Waals surface area contributed by atoms with E-state index in [4.69, 9.17) is 10.0 Å². The van der Waals surface area contributed by atoms with Crippen LogP contribution in [0.15, 0.2) is 194 Å². The summed E-state index contributed by atoms with van der Waals surface area (Å²) in [6.07, 6.45) is 4.71. The van der Waals surface area contributed by atoms with E-state index in [2.05, 4.69) is 245 Å². The van der Waals surface area contributed by atoms with Gasteiger partial charge in [-0.15, -0.1) is 0 Å². The average Bonchev–Trinajstić information content (AvgIpc) is 4.22. The molecule has 0 saturated heterocycles. The number of nitrogens with zero attached hydrogens (tertiary/aromatic N) is 2. The van der Waals surface area contributed by atoms with Gasteiger partial charge in [-0.25, -0.2) is 0 Å². The van der Waals surface area contributed by atoms with Gasteiger partial charge in [0.1, 0.15) is 0 Å². The molecule has 0 radical (unpaired) electrons. The van der Waals surface area contributed by atoms with Crippen LogP contribution in [0.2, 0.25) is 6.82 Å². The molecular weight excluding hydrogens is 900 g/mol. The van der Waals surface area contributed by atoms with Crippen LogP contribution >= 0.6 is 0 Å². The van der Waals surface area contributed by atoms with Crippen LogP contribution in [0.3, 0.4) is 0 Å². The van der Waals surface area contributed by atoms with E-state index in [1.807, 2.05) is 55.4 Å². The third-order valence-corrected chi connectivity index (χ3v) is 11.4. The summed E-state index contributed by atoms with van der Waals surface area (Å²) in [5.74, 6) is 0. The third kappa shape index (κ3) is 17.2. The predicted molar refractivity (Wildman–Crippen MR) is 333 cm³/mol. The minimum Gasteiger partial charge on any atom is -0.427 e. The number of para-hydroxylation sites is 4. The van der Waals surface area contributed by atoms with Gasteiger partial charge in [0.05, 0.1) is 0 Å². The van der Waals surface area contributed by atoms with E-state index in [0.29, 0.717) is 0 Å². The number of rotatable bonds is 2. The molecule has 2 heterocycles. The summed E-state index contributed by atoms with van der Waals surface area (Å²) in [4.78, 5) is 0. The van der Waals surface area contributed by atoms with Crippen molar-refractivity contribution in [2.45, 2.75) is 143 Å². The second-order valence-electron chi connectivity index (χ2n) is 16.6. The zero-order valence-electron chi connectivity index (χ0n) is 48.1. The molecule has 0 aliphatic heterocycles. The Balaban J connectivity index is 0.000000306. The van der Waals surface area contributed by atoms with Crippen molar-refractivity contribution in [3.63, 3.8) is 0 Å². The highest BCUT2D eigenvalue weighted by molar-refractivity contribution is 6.39. The van der Waals surface area contributed by atoms with E-state index in [1.54, 1.807) is 0 Å². The zero-order chi connectivity index (χ0) is 54.8. The molecule has 392 valence electrons. The smallest absolute Gasteiger partial charge is 0.427 e. The molecule has 0 saturated carbocycles. The monoisotopic (exact) mass is 991 g/mol. The number of benzene rings is 8. The number of aromatic nitrogens is 2. The van der Waals surface area contributed by atoms with Crippen LogP contribution in [0, 0.1) is 0 Å². The first-order valence-electron chi connectivity index (χ1n) is 27.9. The molecule has 0 spiro atoms. The summed E-state index contributed by atoms with van der Waals surface area (Å²) in [5, 5.41) is 20.6. The van der Waals surface area contributed by atoms with Crippen LogP contribution in [0.25, 0.3) is 65.9 Å². The van der Waals surface area contributed by atoms with Crippen molar-refractivity contribution in [3.05, 3.63) is 216 Å². The Morgan fingerprint density at radius 1 is 0.311 bits per heavy atom. The van der Waals surface area contributed by atoms with Crippen LogP contribution in [-0.2, 0) is 25.9 Å². The van der Waals surface area contributed by atoms with E-state index >= 15 is 0 Å². The maximum atomic E-state index is 7.61. The Morgan fingerprint density at radius 2 is 0.473 bits per heavy atom. The molecule has 12 rings (SSSR count). The van der Waals surface area contributed by atoms with Crippen LogP contribution in [-0.4, -0.2) is 26.3 Å². The first-order valence-corrected chi connectivity index (χ1v) is 27.9. The number of aryl methyl sites for hydroxylation is 2. The Hall–Kier alpha value is -6.66. The van der Waals surface area contributed by atoms with Crippen molar-refractivity contribution in [1.82, 2.24) is 9.13 Å². The van der Waals surface area contributed by atoms with Crippen molar-refractivity contribution in [3.8, 4) is 22.3 Å². The molecule has 8 aromatic carbocycles. The molecule has 74 heavy (non-hydrogen) atoms. The van der Waals surface area contributed by atoms with Crippen molar-refractivity contribution in [1.29, 1.82) is 0 Å². The van der Waals surface area contributed by atoms with Crippen LogP contribution < -0.4 is 0 Å². The summed E-state index contributed by atoms with van der Waals surface area (Å²) in [6, 6.07) is 69.0. The second kappa shape index (κ2) is 36.3. The maximum Gasteiger partial charge on any atom is 0.448 e. The lowest BCUT2D eigenvalue weighted by Gasteiger charge is -2.01. The van der Waals surface area contributed by atoms with Gasteiger partial charge in [-0.05, 0) is 102 Å². The number of hydrogen-bond acceptors (Lipinski definition) is 2. The lowest BCUT2D eigenvalue weighted by molar-refractivity contribution is 0.417. The predicted octanol–water partition coefficient (Wildman–Crippen LogP) is 20.2. The summed E-state index contributed by atoms with van der Waals surface area (Å²) in [5.41, 5.74) is 16.8. The van der Waals surface area contributed by atoms with Crippen molar-refractivity contribution in [2.24, 2.45) is 0 Å². The van der Waals surface area contributed by atoms with E-state index in [1.165, 1.54) is 108 Å². The highest BCUT2D eigenvalue weighted by atomic mass is 16.4. The van der Waals surface area contributed by atoms with E-state index in [9.17, 15) is 0 Å². The summed E-state index contributed by atoms with van der Waals surface area (Å²) in [6.45, 7) is 32.2. The van der Waals surface area contributed by atoms with Crippen molar-refractivity contribution in [2.75, 3.05) is 0 Å². The highest BCUT2D eigenvalue weighted by Crippen LogP contribution is 2.37. The number of hydrogen-bond donors (Lipinski definition) is 2. The lowest BCUT2D eigenvalue weighted by Crippen LogP contribution is -2.00. The third-order valence-electron chi connectivity index (χ3n) is 11.4. The summed E-state index contributed by atoms with van der Waals surface area (Å²) < 4.78 is 4.73.